The molecule has 2 atom stereocenters. The Hall–Kier alpha value is 0.0100. The van der Waals surface area contributed by atoms with Crippen molar-refractivity contribution in [3.63, 3.8) is 0 Å². The minimum Gasteiger partial charge on any atom is -0.275 e. The molecule has 15 heavy (non-hydrogen) atoms. The van der Waals surface area contributed by atoms with E-state index in [1.165, 1.54) is 23.0 Å². The number of nitrogens with one attached hydrogen (secondary N) is 1. The largest absolute Gasteiger partial charge is 0.294 e. The van der Waals surface area contributed by atoms with Crippen LogP contribution in [0.15, 0.2) is 0 Å². The van der Waals surface area contributed by atoms with E-state index in [0.29, 0.717) is 6.54 Å². The van der Waals surface area contributed by atoms with Crippen molar-refractivity contribution in [1.82, 2.24) is 9.76 Å². The molecule has 2 unspecified atom stereocenters. The van der Waals surface area contributed by atoms with Crippen molar-refractivity contribution < 1.29 is 9.36 Å². The Kier molecular flexibility index (Phi) is 6.57. The first kappa shape index (κ1) is 15.0. The summed E-state index contributed by atoms with van der Waals surface area (Å²) in [5.74, 6) is -0.147. The third kappa shape index (κ3) is 4.17. The maximum Gasteiger partial charge on any atom is 0.294 e. The highest BCUT2D eigenvalue weighted by molar-refractivity contribution is 8.57. The zero-order valence-electron chi connectivity index (χ0n) is 10.1. The first-order valence-corrected chi connectivity index (χ1v) is 8.31. The summed E-state index contributed by atoms with van der Waals surface area (Å²) in [5.41, 5.74) is 0. The van der Waals surface area contributed by atoms with Gasteiger partial charge in [-0.3, -0.25) is 14.0 Å². The lowest BCUT2D eigenvalue weighted by molar-refractivity contribution is -0.124. The summed E-state index contributed by atoms with van der Waals surface area (Å²) in [6.07, 6.45) is 0.936. The van der Waals surface area contributed by atoms with Gasteiger partial charge in [0.1, 0.15) is 0 Å². The molecule has 90 valence electrons. The average Bonchev–Trinajstić information content (AvgIpc) is 2.17. The second-order valence-electron chi connectivity index (χ2n) is 3.30. The van der Waals surface area contributed by atoms with Crippen molar-refractivity contribution in [3.05, 3.63) is 0 Å². The molecule has 0 radical (unpaired) electrons. The number of amides is 1. The van der Waals surface area contributed by atoms with E-state index in [-0.39, 0.29) is 11.2 Å². The molecule has 0 aromatic rings. The molecule has 0 aliphatic heterocycles. The van der Waals surface area contributed by atoms with E-state index in [0.717, 1.165) is 6.42 Å². The Labute approximate surface area is 96.4 Å². The molecule has 0 bridgehead atoms. The quantitative estimate of drug-likeness (QED) is 0.738. The van der Waals surface area contributed by atoms with Crippen molar-refractivity contribution in [3.8, 4) is 0 Å². The van der Waals surface area contributed by atoms with Gasteiger partial charge in [-0.15, -0.1) is 0 Å². The predicted molar refractivity (Wildman–Crippen MR) is 67.1 cm³/mol. The Morgan fingerprint density at radius 2 is 2.07 bits per heavy atom. The third-order valence-electron chi connectivity index (χ3n) is 2.16. The number of nitrogens with zero attached hydrogens (tertiary/aromatic N) is 1. The van der Waals surface area contributed by atoms with Crippen LogP contribution in [0.25, 0.3) is 0 Å². The van der Waals surface area contributed by atoms with E-state index >= 15 is 0 Å². The Morgan fingerprint density at radius 3 is 2.33 bits per heavy atom. The molecule has 0 heterocycles. The molecule has 0 aromatic heterocycles. The summed E-state index contributed by atoms with van der Waals surface area (Å²) >= 11 is 1.36. The summed E-state index contributed by atoms with van der Waals surface area (Å²) in [6, 6.07) is 0. The lowest BCUT2D eigenvalue weighted by Crippen LogP contribution is -2.29. The Morgan fingerprint density at radius 1 is 1.53 bits per heavy atom. The van der Waals surface area contributed by atoms with Crippen LogP contribution in [0.1, 0.15) is 34.1 Å². The highest BCUT2D eigenvalue weighted by Crippen LogP contribution is 2.59. The predicted octanol–water partition coefficient (Wildman–Crippen LogP) is 2.71. The molecule has 0 spiro atoms. The topological polar surface area (TPSA) is 49.4 Å². The molecule has 0 aliphatic carbocycles. The SMILES string of the molecule is CCC(C)SP(=O)(NC)N(CC)C(C)=O. The van der Waals surface area contributed by atoms with Gasteiger partial charge in [0.25, 0.3) is 6.65 Å². The number of carbonyl (C=O) groups excluding carboxylic acids is 1. The molecular weight excluding hydrogens is 231 g/mol. The summed E-state index contributed by atoms with van der Waals surface area (Å²) in [7, 11) is 1.64. The number of hydrogen-bond acceptors (Lipinski definition) is 3. The normalized spacial score (nSPS) is 16.9. The lowest BCUT2D eigenvalue weighted by atomic mass is 10.4. The molecule has 0 fully saturated rings. The van der Waals surface area contributed by atoms with Crippen molar-refractivity contribution in [2.75, 3.05) is 13.6 Å². The van der Waals surface area contributed by atoms with E-state index in [1.807, 2.05) is 20.8 Å². The fraction of sp³-hybridized carbons (Fsp3) is 0.889. The maximum absolute atomic E-state index is 12.5. The van der Waals surface area contributed by atoms with Gasteiger partial charge in [-0.1, -0.05) is 25.2 Å². The monoisotopic (exact) mass is 252 g/mol. The standard InChI is InChI=1S/C9H21N2O2PS/c1-6-8(3)15-14(13,10-5)11(7-2)9(4)12/h8H,6-7H2,1-5H3,(H,10,13). The zero-order valence-corrected chi connectivity index (χ0v) is 11.8. The highest BCUT2D eigenvalue weighted by atomic mass is 32.7. The van der Waals surface area contributed by atoms with Crippen LogP contribution in [0.4, 0.5) is 0 Å². The zero-order chi connectivity index (χ0) is 12.1. The van der Waals surface area contributed by atoms with Gasteiger partial charge in [0.2, 0.25) is 5.91 Å². The van der Waals surface area contributed by atoms with Gasteiger partial charge in [0, 0.05) is 18.7 Å². The van der Waals surface area contributed by atoms with Crippen LogP contribution in [0.3, 0.4) is 0 Å². The van der Waals surface area contributed by atoms with Gasteiger partial charge in [-0.05, 0) is 20.4 Å². The molecule has 0 aliphatic rings. The first-order chi connectivity index (χ1) is 6.91. The van der Waals surface area contributed by atoms with E-state index in [9.17, 15) is 9.36 Å². The lowest BCUT2D eigenvalue weighted by Gasteiger charge is -2.30. The molecule has 1 N–H and O–H groups in total. The van der Waals surface area contributed by atoms with E-state index < -0.39 is 6.65 Å². The van der Waals surface area contributed by atoms with Crippen molar-refractivity contribution >= 4 is 23.9 Å². The van der Waals surface area contributed by atoms with Gasteiger partial charge in [0.15, 0.2) is 0 Å². The molecule has 0 aromatic carbocycles. The van der Waals surface area contributed by atoms with Gasteiger partial charge < -0.3 is 0 Å². The molecular formula is C9H21N2O2PS. The van der Waals surface area contributed by atoms with Crippen LogP contribution in [0.5, 0.6) is 0 Å². The average molecular weight is 252 g/mol. The second-order valence-corrected chi connectivity index (χ2v) is 8.41. The van der Waals surface area contributed by atoms with E-state index in [2.05, 4.69) is 5.09 Å². The summed E-state index contributed by atoms with van der Waals surface area (Å²) < 4.78 is 13.9. The fourth-order valence-electron chi connectivity index (χ4n) is 1.14. The fourth-order valence-corrected chi connectivity index (χ4v) is 6.24. The highest BCUT2D eigenvalue weighted by Gasteiger charge is 2.32. The van der Waals surface area contributed by atoms with E-state index in [4.69, 9.17) is 0 Å². The molecule has 1 amide bonds. The van der Waals surface area contributed by atoms with Crippen LogP contribution in [0, 0.1) is 0 Å². The van der Waals surface area contributed by atoms with Crippen LogP contribution in [-0.4, -0.2) is 29.4 Å². The number of rotatable bonds is 6. The summed E-state index contributed by atoms with van der Waals surface area (Å²) in [4.78, 5) is 11.4. The minimum atomic E-state index is -2.79. The van der Waals surface area contributed by atoms with Gasteiger partial charge in [-0.2, -0.15) is 0 Å². The molecule has 6 heteroatoms. The minimum absolute atomic E-state index is 0.147. The molecule has 0 saturated heterocycles. The van der Waals surface area contributed by atoms with Gasteiger partial charge >= 0.3 is 0 Å². The smallest absolute Gasteiger partial charge is 0.275 e. The van der Waals surface area contributed by atoms with Crippen LogP contribution in [0.2, 0.25) is 0 Å². The maximum atomic E-state index is 12.5. The van der Waals surface area contributed by atoms with Crippen LogP contribution >= 0.6 is 18.0 Å². The van der Waals surface area contributed by atoms with Crippen molar-refractivity contribution in [1.29, 1.82) is 0 Å². The first-order valence-electron chi connectivity index (χ1n) is 5.17. The summed E-state index contributed by atoms with van der Waals surface area (Å²) in [6.45, 7) is 5.03. The number of carbonyl (C=O) groups is 1. The Bertz CT molecular complexity index is 260. The third-order valence-corrected chi connectivity index (χ3v) is 7.98. The van der Waals surface area contributed by atoms with Crippen molar-refractivity contribution in [2.24, 2.45) is 0 Å². The van der Waals surface area contributed by atoms with Crippen LogP contribution < -0.4 is 5.09 Å². The van der Waals surface area contributed by atoms with Gasteiger partial charge in [-0.25, -0.2) is 5.09 Å². The molecule has 0 saturated carbocycles. The molecule has 4 nitrogen and oxygen atoms in total. The van der Waals surface area contributed by atoms with Crippen molar-refractivity contribution in [2.45, 2.75) is 39.4 Å². The Balaban J connectivity index is 4.81. The second kappa shape index (κ2) is 6.56. The van der Waals surface area contributed by atoms with Gasteiger partial charge in [0.05, 0.1) is 0 Å². The summed E-state index contributed by atoms with van der Waals surface area (Å²) in [5, 5.41) is 3.07. The van der Waals surface area contributed by atoms with E-state index in [1.54, 1.807) is 7.05 Å². The number of hydrogen-bond donors (Lipinski definition) is 1. The molecule has 0 rings (SSSR count). The van der Waals surface area contributed by atoms with Crippen LogP contribution in [-0.2, 0) is 9.36 Å².